The summed E-state index contributed by atoms with van der Waals surface area (Å²) in [7, 11) is 6.02. The monoisotopic (exact) mass is 538 g/mol. The molecule has 2 N–H and O–H groups in total. The van der Waals surface area contributed by atoms with Crippen molar-refractivity contribution in [3.8, 4) is 23.0 Å². The van der Waals surface area contributed by atoms with Crippen molar-refractivity contribution >= 4 is 45.3 Å². The molecule has 1 aromatic heterocycles. The predicted octanol–water partition coefficient (Wildman–Crippen LogP) is 5.32. The van der Waals surface area contributed by atoms with Gasteiger partial charge < -0.3 is 29.6 Å². The van der Waals surface area contributed by atoms with Crippen LogP contribution in [0.1, 0.15) is 20.7 Å². The van der Waals surface area contributed by atoms with Crippen molar-refractivity contribution in [3.05, 3.63) is 83.9 Å². The minimum atomic E-state index is -0.421. The van der Waals surface area contributed by atoms with Crippen LogP contribution in [0.4, 0.5) is 11.4 Å². The predicted molar refractivity (Wildman–Crippen MR) is 152 cm³/mol. The minimum absolute atomic E-state index is 0.333. The highest BCUT2D eigenvalue weighted by atomic mass is 16.5. The Bertz CT molecular complexity index is 1630. The summed E-state index contributed by atoms with van der Waals surface area (Å²) in [5.74, 6) is 0.969. The van der Waals surface area contributed by atoms with Gasteiger partial charge in [0.05, 0.1) is 61.9 Å². The number of hydrogen-bond acceptors (Lipinski definition) is 8. The molecular formula is C30H26N4O6. The second-order valence-corrected chi connectivity index (χ2v) is 8.65. The number of anilines is 2. The Labute approximate surface area is 229 Å². The third-order valence-electron chi connectivity index (χ3n) is 6.27. The van der Waals surface area contributed by atoms with E-state index >= 15 is 0 Å². The first kappa shape index (κ1) is 26.2. The molecule has 202 valence electrons. The highest BCUT2D eigenvalue weighted by molar-refractivity contribution is 6.12. The van der Waals surface area contributed by atoms with Gasteiger partial charge in [-0.25, -0.2) is 9.97 Å². The maximum Gasteiger partial charge on any atom is 0.255 e. The Morgan fingerprint density at radius 2 is 0.925 bits per heavy atom. The zero-order chi connectivity index (χ0) is 28.2. The molecule has 0 aliphatic rings. The third-order valence-corrected chi connectivity index (χ3v) is 6.27. The molecule has 10 heteroatoms. The lowest BCUT2D eigenvalue weighted by molar-refractivity contribution is 0.101. The van der Waals surface area contributed by atoms with Crippen molar-refractivity contribution < 1.29 is 28.5 Å². The number of fused-ring (bicyclic) bond motifs is 2. The van der Waals surface area contributed by atoms with Crippen molar-refractivity contribution in [2.24, 2.45) is 0 Å². The van der Waals surface area contributed by atoms with E-state index in [-0.39, 0.29) is 0 Å². The minimum Gasteiger partial charge on any atom is -0.493 e. The number of ether oxygens (including phenoxy) is 4. The van der Waals surface area contributed by atoms with E-state index in [9.17, 15) is 9.59 Å². The SMILES string of the molecule is COc1ccc(C(=O)Nc2cc3nc4ccccc4nc3cc2NC(=O)c2ccc(OC)c(OC)c2)cc1OC. The molecule has 0 radical (unpaired) electrons. The molecule has 5 aromatic rings. The number of nitrogens with one attached hydrogen (secondary N) is 2. The summed E-state index contributed by atoms with van der Waals surface area (Å²) in [4.78, 5) is 36.0. The average molecular weight is 539 g/mol. The van der Waals surface area contributed by atoms with Crippen LogP contribution in [0.5, 0.6) is 23.0 Å². The van der Waals surface area contributed by atoms with Gasteiger partial charge in [-0.05, 0) is 60.7 Å². The molecule has 0 atom stereocenters. The molecule has 0 saturated carbocycles. The van der Waals surface area contributed by atoms with E-state index in [1.807, 2.05) is 24.3 Å². The van der Waals surface area contributed by atoms with Gasteiger partial charge >= 0.3 is 0 Å². The zero-order valence-electron chi connectivity index (χ0n) is 22.3. The summed E-state index contributed by atoms with van der Waals surface area (Å²) >= 11 is 0. The third kappa shape index (κ3) is 5.14. The Morgan fingerprint density at radius 1 is 0.525 bits per heavy atom. The molecule has 0 aliphatic heterocycles. The summed E-state index contributed by atoms with van der Waals surface area (Å²) in [6, 6.07) is 20.5. The van der Waals surface area contributed by atoms with Gasteiger partial charge in [0.25, 0.3) is 11.8 Å². The van der Waals surface area contributed by atoms with Gasteiger partial charge in [-0.2, -0.15) is 0 Å². The second-order valence-electron chi connectivity index (χ2n) is 8.65. The number of para-hydroxylation sites is 2. The topological polar surface area (TPSA) is 121 Å². The maximum absolute atomic E-state index is 13.3. The standard InChI is InChI=1S/C30H26N4O6/c1-37-25-11-9-17(13-27(25)39-3)29(35)33-23-15-21-22(32-20-8-6-5-7-19(20)31-21)16-24(23)34-30(36)18-10-12-26(38-2)28(14-18)40-4/h5-16H,1-4H3,(H,33,35)(H,34,36). The van der Waals surface area contributed by atoms with Gasteiger partial charge in [0.2, 0.25) is 0 Å². The molecule has 0 saturated heterocycles. The Hall–Kier alpha value is -5.38. The highest BCUT2D eigenvalue weighted by Gasteiger charge is 2.18. The van der Waals surface area contributed by atoms with Crippen LogP contribution in [0.15, 0.2) is 72.8 Å². The summed E-state index contributed by atoms with van der Waals surface area (Å²) in [6.45, 7) is 0. The first-order valence-corrected chi connectivity index (χ1v) is 12.2. The second kappa shape index (κ2) is 11.2. The highest BCUT2D eigenvalue weighted by Crippen LogP contribution is 2.32. The number of carbonyl (C=O) groups excluding carboxylic acids is 2. The Morgan fingerprint density at radius 3 is 1.30 bits per heavy atom. The van der Waals surface area contributed by atoms with Crippen molar-refractivity contribution in [2.75, 3.05) is 39.1 Å². The quantitative estimate of drug-likeness (QED) is 0.255. The van der Waals surface area contributed by atoms with Crippen molar-refractivity contribution in [1.82, 2.24) is 9.97 Å². The van der Waals surface area contributed by atoms with Crippen LogP contribution in [-0.2, 0) is 0 Å². The van der Waals surface area contributed by atoms with Gasteiger partial charge in [0.1, 0.15) is 0 Å². The molecule has 2 amide bonds. The molecule has 4 aromatic carbocycles. The van der Waals surface area contributed by atoms with Crippen molar-refractivity contribution in [2.45, 2.75) is 0 Å². The summed E-state index contributed by atoms with van der Waals surface area (Å²) in [6.07, 6.45) is 0. The van der Waals surface area contributed by atoms with Crippen molar-refractivity contribution in [1.29, 1.82) is 0 Å². The van der Waals surface area contributed by atoms with Crippen molar-refractivity contribution in [3.63, 3.8) is 0 Å². The first-order valence-electron chi connectivity index (χ1n) is 12.2. The van der Waals surface area contributed by atoms with Gasteiger partial charge in [0.15, 0.2) is 23.0 Å². The van der Waals surface area contributed by atoms with Crippen LogP contribution in [0.25, 0.3) is 22.1 Å². The fourth-order valence-electron chi connectivity index (χ4n) is 4.22. The number of nitrogens with zero attached hydrogens (tertiary/aromatic N) is 2. The number of rotatable bonds is 8. The lowest BCUT2D eigenvalue weighted by Crippen LogP contribution is -2.17. The number of carbonyl (C=O) groups is 2. The molecule has 5 rings (SSSR count). The number of benzene rings is 4. The molecule has 0 unspecified atom stereocenters. The largest absolute Gasteiger partial charge is 0.493 e. The maximum atomic E-state index is 13.3. The normalized spacial score (nSPS) is 10.7. The van der Waals surface area contributed by atoms with E-state index in [1.165, 1.54) is 28.4 Å². The summed E-state index contributed by atoms with van der Waals surface area (Å²) < 4.78 is 21.2. The lowest BCUT2D eigenvalue weighted by atomic mass is 10.1. The zero-order valence-corrected chi connectivity index (χ0v) is 22.3. The summed E-state index contributed by atoms with van der Waals surface area (Å²) in [5.41, 5.74) is 3.84. The van der Waals surface area contributed by atoms with E-state index < -0.39 is 11.8 Å². The van der Waals surface area contributed by atoms with E-state index in [4.69, 9.17) is 28.9 Å². The van der Waals surface area contributed by atoms with E-state index in [0.29, 0.717) is 67.6 Å². The van der Waals surface area contributed by atoms with Crippen LogP contribution in [0.2, 0.25) is 0 Å². The average Bonchev–Trinajstić information content (AvgIpc) is 2.99. The van der Waals surface area contributed by atoms with Gasteiger partial charge in [0, 0.05) is 11.1 Å². The molecule has 0 bridgehead atoms. The lowest BCUT2D eigenvalue weighted by Gasteiger charge is -2.15. The van der Waals surface area contributed by atoms with Crippen LogP contribution >= 0.6 is 0 Å². The van der Waals surface area contributed by atoms with Gasteiger partial charge in [-0.3, -0.25) is 9.59 Å². The molecule has 0 spiro atoms. The van der Waals surface area contributed by atoms with Crippen LogP contribution < -0.4 is 29.6 Å². The summed E-state index contributed by atoms with van der Waals surface area (Å²) in [5, 5.41) is 5.78. The first-order chi connectivity index (χ1) is 19.4. The molecule has 0 fully saturated rings. The number of methoxy groups -OCH3 is 4. The van der Waals surface area contributed by atoms with Crippen LogP contribution in [0.3, 0.4) is 0 Å². The number of hydrogen-bond donors (Lipinski definition) is 2. The van der Waals surface area contributed by atoms with E-state index in [1.54, 1.807) is 48.5 Å². The van der Waals surface area contributed by atoms with Gasteiger partial charge in [-0.15, -0.1) is 0 Å². The fraction of sp³-hybridized carbons (Fsp3) is 0.133. The fourth-order valence-corrected chi connectivity index (χ4v) is 4.22. The number of aromatic nitrogens is 2. The molecule has 0 aliphatic carbocycles. The molecule has 1 heterocycles. The number of amides is 2. The Kier molecular flexibility index (Phi) is 7.32. The molecule has 10 nitrogen and oxygen atoms in total. The Balaban J connectivity index is 1.55. The molecular weight excluding hydrogens is 512 g/mol. The van der Waals surface area contributed by atoms with Crippen LogP contribution in [0, 0.1) is 0 Å². The molecule has 40 heavy (non-hydrogen) atoms. The smallest absolute Gasteiger partial charge is 0.255 e. The van der Waals surface area contributed by atoms with Crippen LogP contribution in [-0.4, -0.2) is 50.2 Å². The van der Waals surface area contributed by atoms with Gasteiger partial charge in [-0.1, -0.05) is 12.1 Å². The van der Waals surface area contributed by atoms with E-state index in [0.717, 1.165) is 0 Å². The van der Waals surface area contributed by atoms with E-state index in [2.05, 4.69) is 10.6 Å².